The molecule has 5 heteroatoms. The Labute approximate surface area is 133 Å². The second-order valence-electron chi connectivity index (χ2n) is 4.35. The van der Waals surface area contributed by atoms with Gasteiger partial charge in [0.1, 0.15) is 5.82 Å². The van der Waals surface area contributed by atoms with Gasteiger partial charge >= 0.3 is 0 Å². The van der Waals surface area contributed by atoms with E-state index < -0.39 is 0 Å². The molecule has 20 heavy (non-hydrogen) atoms. The van der Waals surface area contributed by atoms with Crippen molar-refractivity contribution in [1.29, 1.82) is 0 Å². The van der Waals surface area contributed by atoms with Gasteiger partial charge in [-0.25, -0.2) is 4.39 Å². The Morgan fingerprint density at radius 1 is 1.15 bits per heavy atom. The minimum absolute atomic E-state index is 0.151. The van der Waals surface area contributed by atoms with Gasteiger partial charge in [-0.3, -0.25) is 4.79 Å². The van der Waals surface area contributed by atoms with Crippen LogP contribution in [0.5, 0.6) is 0 Å². The van der Waals surface area contributed by atoms with Crippen molar-refractivity contribution < 1.29 is 9.18 Å². The molecule has 2 nitrogen and oxygen atoms in total. The van der Waals surface area contributed by atoms with E-state index in [-0.39, 0.29) is 22.2 Å². The monoisotopic (exact) mass is 399 g/mol. The van der Waals surface area contributed by atoms with E-state index in [2.05, 4.69) is 37.2 Å². The van der Waals surface area contributed by atoms with E-state index in [1.54, 1.807) is 0 Å². The number of carbonyl (C=O) groups is 1. The Kier molecular flexibility index (Phi) is 4.94. The highest BCUT2D eigenvalue weighted by atomic mass is 79.9. The largest absolute Gasteiger partial charge is 0.345 e. The molecule has 1 amide bonds. The lowest BCUT2D eigenvalue weighted by molar-refractivity contribution is 0.0939. The molecule has 1 atom stereocenters. The minimum atomic E-state index is -0.389. The molecule has 0 radical (unpaired) electrons. The molecule has 1 unspecified atom stereocenters. The summed E-state index contributed by atoms with van der Waals surface area (Å²) in [7, 11) is 0. The highest BCUT2D eigenvalue weighted by Gasteiger charge is 2.14. The first kappa shape index (κ1) is 15.2. The maximum absolute atomic E-state index is 13.2. The van der Waals surface area contributed by atoms with Crippen molar-refractivity contribution >= 4 is 37.8 Å². The number of amides is 1. The van der Waals surface area contributed by atoms with Gasteiger partial charge in [-0.2, -0.15) is 0 Å². The predicted octanol–water partition coefficient (Wildman–Crippen LogP) is 4.84. The van der Waals surface area contributed by atoms with Gasteiger partial charge < -0.3 is 5.32 Å². The summed E-state index contributed by atoms with van der Waals surface area (Å²) in [6, 6.07) is 11.7. The number of rotatable bonds is 3. The van der Waals surface area contributed by atoms with Gasteiger partial charge in [-0.1, -0.05) is 34.1 Å². The summed E-state index contributed by atoms with van der Waals surface area (Å²) < 4.78 is 14.4. The van der Waals surface area contributed by atoms with E-state index in [0.717, 1.165) is 10.0 Å². The number of hydrogen-bond donors (Lipinski definition) is 1. The summed E-state index contributed by atoms with van der Waals surface area (Å²) in [5.41, 5.74) is 1.40. The van der Waals surface area contributed by atoms with Crippen molar-refractivity contribution in [3.63, 3.8) is 0 Å². The SMILES string of the molecule is CC(NC(=O)c1ccc(F)c(Br)c1)c1ccccc1Br. The summed E-state index contributed by atoms with van der Waals surface area (Å²) in [5, 5.41) is 2.89. The van der Waals surface area contributed by atoms with Crippen molar-refractivity contribution in [2.75, 3.05) is 0 Å². The van der Waals surface area contributed by atoms with Crippen molar-refractivity contribution in [1.82, 2.24) is 5.32 Å². The van der Waals surface area contributed by atoms with Gasteiger partial charge in [-0.15, -0.1) is 0 Å². The zero-order valence-corrected chi connectivity index (χ0v) is 13.8. The van der Waals surface area contributed by atoms with E-state index in [1.807, 2.05) is 31.2 Å². The number of nitrogens with one attached hydrogen (secondary N) is 1. The summed E-state index contributed by atoms with van der Waals surface area (Å²) in [4.78, 5) is 12.1. The van der Waals surface area contributed by atoms with Crippen LogP contribution in [0.3, 0.4) is 0 Å². The Morgan fingerprint density at radius 2 is 1.85 bits per heavy atom. The second kappa shape index (κ2) is 6.50. The van der Waals surface area contributed by atoms with Crippen molar-refractivity contribution in [3.8, 4) is 0 Å². The van der Waals surface area contributed by atoms with Gasteiger partial charge in [0, 0.05) is 10.0 Å². The number of hydrogen-bond acceptors (Lipinski definition) is 1. The molecule has 0 saturated heterocycles. The van der Waals surface area contributed by atoms with Crippen LogP contribution in [0.25, 0.3) is 0 Å². The Morgan fingerprint density at radius 3 is 2.50 bits per heavy atom. The lowest BCUT2D eigenvalue weighted by Crippen LogP contribution is -2.26. The molecule has 2 aromatic rings. The first-order valence-corrected chi connectivity index (χ1v) is 7.58. The molecule has 0 aliphatic carbocycles. The van der Waals surface area contributed by atoms with Crippen molar-refractivity contribution in [3.05, 3.63) is 68.4 Å². The van der Waals surface area contributed by atoms with Gasteiger partial charge in [-0.05, 0) is 52.7 Å². The maximum Gasteiger partial charge on any atom is 0.251 e. The van der Waals surface area contributed by atoms with Crippen LogP contribution >= 0.6 is 31.9 Å². The summed E-state index contributed by atoms with van der Waals surface area (Å²) in [6.45, 7) is 1.90. The summed E-state index contributed by atoms with van der Waals surface area (Å²) >= 11 is 6.53. The molecular weight excluding hydrogens is 389 g/mol. The fraction of sp³-hybridized carbons (Fsp3) is 0.133. The lowest BCUT2D eigenvalue weighted by atomic mass is 10.1. The topological polar surface area (TPSA) is 29.1 Å². The molecule has 0 bridgehead atoms. The van der Waals surface area contributed by atoms with E-state index in [1.165, 1.54) is 18.2 Å². The summed E-state index contributed by atoms with van der Waals surface area (Å²) in [5.74, 6) is -0.630. The molecule has 0 fully saturated rings. The van der Waals surface area contributed by atoms with E-state index in [4.69, 9.17) is 0 Å². The average molecular weight is 401 g/mol. The smallest absolute Gasteiger partial charge is 0.251 e. The van der Waals surface area contributed by atoms with Gasteiger partial charge in [0.05, 0.1) is 10.5 Å². The fourth-order valence-corrected chi connectivity index (χ4v) is 2.83. The zero-order valence-electron chi connectivity index (χ0n) is 10.7. The molecule has 1 N–H and O–H groups in total. The number of benzene rings is 2. The van der Waals surface area contributed by atoms with Crippen molar-refractivity contribution in [2.45, 2.75) is 13.0 Å². The van der Waals surface area contributed by atoms with E-state index in [0.29, 0.717) is 5.56 Å². The van der Waals surface area contributed by atoms with Crippen LogP contribution in [-0.4, -0.2) is 5.91 Å². The van der Waals surface area contributed by atoms with Crippen LogP contribution in [-0.2, 0) is 0 Å². The molecule has 2 rings (SSSR count). The van der Waals surface area contributed by atoms with Crippen LogP contribution in [0.15, 0.2) is 51.4 Å². The molecule has 0 spiro atoms. The van der Waals surface area contributed by atoms with Crippen LogP contribution in [0.2, 0.25) is 0 Å². The Hall–Kier alpha value is -1.20. The number of halogens is 3. The molecular formula is C15H12Br2FNO. The fourth-order valence-electron chi connectivity index (χ4n) is 1.82. The van der Waals surface area contributed by atoms with Crippen LogP contribution in [0.4, 0.5) is 4.39 Å². The third-order valence-corrected chi connectivity index (χ3v) is 4.23. The first-order chi connectivity index (χ1) is 9.49. The lowest BCUT2D eigenvalue weighted by Gasteiger charge is -2.16. The minimum Gasteiger partial charge on any atom is -0.345 e. The van der Waals surface area contributed by atoms with Gasteiger partial charge in [0.25, 0.3) is 5.91 Å². The zero-order chi connectivity index (χ0) is 14.7. The third kappa shape index (κ3) is 3.46. The standard InChI is InChI=1S/C15H12Br2FNO/c1-9(11-4-2-3-5-12(11)16)19-15(20)10-6-7-14(18)13(17)8-10/h2-9H,1H3,(H,19,20). The van der Waals surface area contributed by atoms with Crippen LogP contribution in [0, 0.1) is 5.82 Å². The summed E-state index contributed by atoms with van der Waals surface area (Å²) in [6.07, 6.45) is 0. The normalized spacial score (nSPS) is 12.0. The molecule has 0 aliphatic rings. The third-order valence-electron chi connectivity index (χ3n) is 2.90. The molecule has 0 aliphatic heterocycles. The second-order valence-corrected chi connectivity index (χ2v) is 6.05. The first-order valence-electron chi connectivity index (χ1n) is 5.99. The Bertz CT molecular complexity index is 646. The quantitative estimate of drug-likeness (QED) is 0.784. The predicted molar refractivity (Wildman–Crippen MR) is 84.1 cm³/mol. The van der Waals surface area contributed by atoms with E-state index >= 15 is 0 Å². The molecule has 0 heterocycles. The van der Waals surface area contributed by atoms with Crippen LogP contribution < -0.4 is 5.32 Å². The molecule has 0 aromatic heterocycles. The van der Waals surface area contributed by atoms with Crippen LogP contribution in [0.1, 0.15) is 28.9 Å². The van der Waals surface area contributed by atoms with E-state index in [9.17, 15) is 9.18 Å². The average Bonchev–Trinajstić information content (AvgIpc) is 2.42. The van der Waals surface area contributed by atoms with Crippen molar-refractivity contribution in [2.24, 2.45) is 0 Å². The highest BCUT2D eigenvalue weighted by Crippen LogP contribution is 2.23. The van der Waals surface area contributed by atoms with Gasteiger partial charge in [0.15, 0.2) is 0 Å². The highest BCUT2D eigenvalue weighted by molar-refractivity contribution is 9.10. The van der Waals surface area contributed by atoms with Gasteiger partial charge in [0.2, 0.25) is 0 Å². The number of carbonyl (C=O) groups excluding carboxylic acids is 1. The maximum atomic E-state index is 13.2. The Balaban J connectivity index is 2.15. The molecule has 104 valence electrons. The molecule has 2 aromatic carbocycles. The molecule has 0 saturated carbocycles.